The Balaban J connectivity index is 1.83. The van der Waals surface area contributed by atoms with Crippen LogP contribution in [-0.2, 0) is 11.3 Å². The van der Waals surface area contributed by atoms with Crippen LogP contribution in [0.5, 0.6) is 11.5 Å². The van der Waals surface area contributed by atoms with Gasteiger partial charge in [0.1, 0.15) is 11.5 Å². The average Bonchev–Trinajstić information content (AvgIpc) is 2.54. The first-order chi connectivity index (χ1) is 11.1. The van der Waals surface area contributed by atoms with Gasteiger partial charge in [-0.25, -0.2) is 0 Å². The Kier molecular flexibility index (Phi) is 6.29. The number of hydrogen-bond donors (Lipinski definition) is 1. The number of nitrogens with one attached hydrogen (secondary N) is 1. The Morgan fingerprint density at radius 2 is 1.91 bits per heavy atom. The van der Waals surface area contributed by atoms with E-state index in [1.807, 2.05) is 31.2 Å². The van der Waals surface area contributed by atoms with Crippen molar-refractivity contribution in [3.8, 4) is 11.5 Å². The molecule has 1 amide bonds. The Bertz CT molecular complexity index is 643. The smallest absolute Gasteiger partial charge is 0.261 e. The topological polar surface area (TPSA) is 47.6 Å². The first-order valence-electron chi connectivity index (χ1n) is 7.50. The van der Waals surface area contributed by atoms with E-state index < -0.39 is 6.10 Å². The molecule has 0 aliphatic rings. The third-order valence-electron chi connectivity index (χ3n) is 3.18. The molecule has 0 bridgehead atoms. The van der Waals surface area contributed by atoms with Crippen LogP contribution in [0.4, 0.5) is 0 Å². The van der Waals surface area contributed by atoms with Crippen molar-refractivity contribution in [1.82, 2.24) is 5.32 Å². The van der Waals surface area contributed by atoms with Crippen molar-refractivity contribution in [3.63, 3.8) is 0 Å². The van der Waals surface area contributed by atoms with E-state index in [2.05, 4.69) is 5.32 Å². The van der Waals surface area contributed by atoms with E-state index in [9.17, 15) is 4.79 Å². The second-order valence-corrected chi connectivity index (χ2v) is 5.45. The Labute approximate surface area is 141 Å². The molecule has 122 valence electrons. The number of amides is 1. The SMILES string of the molecule is CCOc1ccc(CNC(=O)[C@H](C)Oc2cccc(Cl)c2)cc1. The summed E-state index contributed by atoms with van der Waals surface area (Å²) in [6.07, 6.45) is -0.601. The first-order valence-corrected chi connectivity index (χ1v) is 7.88. The van der Waals surface area contributed by atoms with Crippen LogP contribution in [0.15, 0.2) is 48.5 Å². The number of carbonyl (C=O) groups is 1. The molecule has 1 atom stereocenters. The maximum absolute atomic E-state index is 12.1. The van der Waals surface area contributed by atoms with E-state index in [4.69, 9.17) is 21.1 Å². The zero-order chi connectivity index (χ0) is 16.7. The van der Waals surface area contributed by atoms with Gasteiger partial charge >= 0.3 is 0 Å². The predicted molar refractivity (Wildman–Crippen MR) is 91.0 cm³/mol. The fourth-order valence-corrected chi connectivity index (χ4v) is 2.18. The highest BCUT2D eigenvalue weighted by Crippen LogP contribution is 2.18. The average molecular weight is 334 g/mol. The minimum Gasteiger partial charge on any atom is -0.494 e. The maximum atomic E-state index is 12.1. The lowest BCUT2D eigenvalue weighted by Crippen LogP contribution is -2.35. The van der Waals surface area contributed by atoms with Gasteiger partial charge in [0.25, 0.3) is 5.91 Å². The van der Waals surface area contributed by atoms with E-state index in [1.165, 1.54) is 0 Å². The van der Waals surface area contributed by atoms with Crippen LogP contribution >= 0.6 is 11.6 Å². The highest BCUT2D eigenvalue weighted by Gasteiger charge is 2.14. The zero-order valence-corrected chi connectivity index (χ0v) is 14.0. The van der Waals surface area contributed by atoms with Crippen molar-refractivity contribution < 1.29 is 14.3 Å². The molecular formula is C18H20ClNO3. The lowest BCUT2D eigenvalue weighted by molar-refractivity contribution is -0.127. The summed E-state index contributed by atoms with van der Waals surface area (Å²) in [4.78, 5) is 12.1. The van der Waals surface area contributed by atoms with E-state index in [0.717, 1.165) is 11.3 Å². The summed E-state index contributed by atoms with van der Waals surface area (Å²) in [5.41, 5.74) is 0.997. The van der Waals surface area contributed by atoms with Crippen molar-refractivity contribution in [2.75, 3.05) is 6.61 Å². The van der Waals surface area contributed by atoms with Crippen molar-refractivity contribution in [3.05, 3.63) is 59.1 Å². The van der Waals surface area contributed by atoms with Crippen LogP contribution in [0.1, 0.15) is 19.4 Å². The molecule has 0 saturated carbocycles. The van der Waals surface area contributed by atoms with Crippen molar-refractivity contribution in [2.24, 2.45) is 0 Å². The summed E-state index contributed by atoms with van der Waals surface area (Å²) in [6, 6.07) is 14.6. The standard InChI is InChI=1S/C18H20ClNO3/c1-3-22-16-9-7-14(8-10-16)12-20-18(21)13(2)23-17-6-4-5-15(19)11-17/h4-11,13H,3,12H2,1-2H3,(H,20,21)/t13-/m0/s1. The minimum atomic E-state index is -0.601. The molecule has 0 fully saturated rings. The van der Waals surface area contributed by atoms with Crippen LogP contribution in [0.2, 0.25) is 5.02 Å². The normalized spacial score (nSPS) is 11.6. The largest absolute Gasteiger partial charge is 0.494 e. The van der Waals surface area contributed by atoms with E-state index in [-0.39, 0.29) is 5.91 Å². The molecule has 0 heterocycles. The van der Waals surface area contributed by atoms with Crippen LogP contribution in [0.25, 0.3) is 0 Å². The molecule has 0 aliphatic heterocycles. The summed E-state index contributed by atoms with van der Waals surface area (Å²) >= 11 is 5.89. The molecule has 0 spiro atoms. The number of rotatable bonds is 7. The summed E-state index contributed by atoms with van der Waals surface area (Å²) in [5, 5.41) is 3.42. The minimum absolute atomic E-state index is 0.182. The van der Waals surface area contributed by atoms with Gasteiger partial charge in [-0.2, -0.15) is 0 Å². The Hall–Kier alpha value is -2.20. The number of carbonyl (C=O) groups excluding carboxylic acids is 1. The molecule has 0 radical (unpaired) electrons. The van der Waals surface area contributed by atoms with Crippen LogP contribution < -0.4 is 14.8 Å². The zero-order valence-electron chi connectivity index (χ0n) is 13.2. The van der Waals surface area contributed by atoms with Crippen LogP contribution in [-0.4, -0.2) is 18.6 Å². The Morgan fingerprint density at radius 3 is 2.57 bits per heavy atom. The highest BCUT2D eigenvalue weighted by atomic mass is 35.5. The highest BCUT2D eigenvalue weighted by molar-refractivity contribution is 6.30. The molecular weight excluding hydrogens is 314 g/mol. The van der Waals surface area contributed by atoms with E-state index in [1.54, 1.807) is 31.2 Å². The molecule has 4 nitrogen and oxygen atoms in total. The van der Waals surface area contributed by atoms with Crippen molar-refractivity contribution in [1.29, 1.82) is 0 Å². The van der Waals surface area contributed by atoms with Crippen LogP contribution in [0, 0.1) is 0 Å². The summed E-state index contributed by atoms with van der Waals surface area (Å²) in [5.74, 6) is 1.21. The second kappa shape index (κ2) is 8.44. The second-order valence-electron chi connectivity index (χ2n) is 5.01. The van der Waals surface area contributed by atoms with Gasteiger partial charge in [-0.15, -0.1) is 0 Å². The molecule has 0 aliphatic carbocycles. The molecule has 5 heteroatoms. The predicted octanol–water partition coefficient (Wildman–Crippen LogP) is 3.82. The van der Waals surface area contributed by atoms with Gasteiger partial charge < -0.3 is 14.8 Å². The molecule has 2 aromatic rings. The number of benzene rings is 2. The molecule has 0 saturated heterocycles. The molecule has 2 rings (SSSR count). The number of halogens is 1. The van der Waals surface area contributed by atoms with Crippen molar-refractivity contribution in [2.45, 2.75) is 26.5 Å². The van der Waals surface area contributed by atoms with Crippen molar-refractivity contribution >= 4 is 17.5 Å². The lowest BCUT2D eigenvalue weighted by Gasteiger charge is -2.15. The molecule has 0 unspecified atom stereocenters. The monoisotopic (exact) mass is 333 g/mol. The van der Waals surface area contributed by atoms with Gasteiger partial charge in [0.05, 0.1) is 6.61 Å². The summed E-state index contributed by atoms with van der Waals surface area (Å²) < 4.78 is 11.0. The number of ether oxygens (including phenoxy) is 2. The van der Waals surface area contributed by atoms with Gasteiger partial charge in [-0.3, -0.25) is 4.79 Å². The van der Waals surface area contributed by atoms with Gasteiger partial charge in [-0.1, -0.05) is 29.8 Å². The van der Waals surface area contributed by atoms with Crippen LogP contribution in [0.3, 0.4) is 0 Å². The first kappa shape index (κ1) is 17.2. The molecule has 2 aromatic carbocycles. The Morgan fingerprint density at radius 1 is 1.17 bits per heavy atom. The third-order valence-corrected chi connectivity index (χ3v) is 3.41. The van der Waals surface area contributed by atoms with Gasteiger partial charge in [0.15, 0.2) is 6.10 Å². The molecule has 0 aromatic heterocycles. The maximum Gasteiger partial charge on any atom is 0.261 e. The van der Waals surface area contributed by atoms with E-state index >= 15 is 0 Å². The van der Waals surface area contributed by atoms with Gasteiger partial charge in [-0.05, 0) is 49.7 Å². The third kappa shape index (κ3) is 5.49. The number of hydrogen-bond acceptors (Lipinski definition) is 3. The summed E-state index contributed by atoms with van der Waals surface area (Å²) in [7, 11) is 0. The summed E-state index contributed by atoms with van der Waals surface area (Å²) in [6.45, 7) is 4.72. The fraction of sp³-hybridized carbons (Fsp3) is 0.278. The molecule has 23 heavy (non-hydrogen) atoms. The molecule has 1 N–H and O–H groups in total. The fourth-order valence-electron chi connectivity index (χ4n) is 2.00. The van der Waals surface area contributed by atoms with E-state index in [0.29, 0.717) is 23.9 Å². The van der Waals surface area contributed by atoms with Gasteiger partial charge in [0.2, 0.25) is 0 Å². The lowest BCUT2D eigenvalue weighted by atomic mass is 10.2. The van der Waals surface area contributed by atoms with Gasteiger partial charge in [0, 0.05) is 11.6 Å². The quantitative estimate of drug-likeness (QED) is 0.837.